The van der Waals surface area contributed by atoms with Crippen LogP contribution in [0.2, 0.25) is 0 Å². The molecule has 0 saturated carbocycles. The molecule has 0 atom stereocenters. The fourth-order valence-corrected chi connectivity index (χ4v) is 1.37. The zero-order valence-electron chi connectivity index (χ0n) is 10.1. The maximum Gasteiger partial charge on any atom is 0.411 e. The van der Waals surface area contributed by atoms with Crippen LogP contribution in [0.1, 0.15) is 12.5 Å². The number of carbonyl (C=O) groups is 1. The van der Waals surface area contributed by atoms with Gasteiger partial charge in [-0.15, -0.1) is 0 Å². The summed E-state index contributed by atoms with van der Waals surface area (Å²) in [5.74, 6) is -1.14. The fourth-order valence-electron chi connectivity index (χ4n) is 1.37. The van der Waals surface area contributed by atoms with Crippen LogP contribution in [0.15, 0.2) is 30.5 Å². The molecule has 0 amide bonds. The molecule has 0 spiro atoms. The number of pyridine rings is 1. The first-order valence-corrected chi connectivity index (χ1v) is 5.20. The monoisotopic (exact) mass is 238 g/mol. The quantitative estimate of drug-likeness (QED) is 0.368. The smallest absolute Gasteiger partial charge is 0.411 e. The van der Waals surface area contributed by atoms with Gasteiger partial charge in [0.25, 0.3) is 0 Å². The number of ether oxygens (including phenoxy) is 2. The van der Waals surface area contributed by atoms with Crippen molar-refractivity contribution in [1.29, 1.82) is 0 Å². The lowest BCUT2D eigenvalue weighted by Crippen LogP contribution is -2.38. The van der Waals surface area contributed by atoms with Gasteiger partial charge in [0, 0.05) is 11.6 Å². The topological polar surface area (TPSA) is 59.6 Å². The highest BCUT2D eigenvalue weighted by Crippen LogP contribution is 2.05. The Morgan fingerprint density at radius 2 is 2.12 bits per heavy atom. The summed E-state index contributed by atoms with van der Waals surface area (Å²) in [6.07, 6.45) is 4.20. The molecule has 1 rings (SSSR count). The van der Waals surface area contributed by atoms with Crippen LogP contribution in [0.3, 0.4) is 0 Å². The Morgan fingerprint density at radius 3 is 2.65 bits per heavy atom. The molecule has 1 N–H and O–H groups in total. The van der Waals surface area contributed by atoms with Crippen molar-refractivity contribution in [2.24, 2.45) is 0 Å². The molecular formula is C12H16NO4+. The van der Waals surface area contributed by atoms with Crippen LogP contribution in [-0.2, 0) is 20.7 Å². The van der Waals surface area contributed by atoms with E-state index in [1.807, 2.05) is 13.0 Å². The first-order chi connectivity index (χ1) is 8.13. The van der Waals surface area contributed by atoms with Gasteiger partial charge in [-0.3, -0.25) is 0 Å². The van der Waals surface area contributed by atoms with Crippen LogP contribution in [0, 0.1) is 0 Å². The molecule has 0 radical (unpaired) electrons. The maximum atomic E-state index is 11.6. The number of methoxy groups -OCH3 is 2. The maximum absolute atomic E-state index is 11.6. The number of rotatable bonds is 4. The van der Waals surface area contributed by atoms with Gasteiger partial charge in [-0.25, -0.2) is 4.79 Å². The van der Waals surface area contributed by atoms with Gasteiger partial charge in [0.15, 0.2) is 12.4 Å². The number of hydrogen-bond donors (Lipinski definition) is 1. The molecule has 5 heteroatoms. The number of aromatic nitrogens is 1. The predicted molar refractivity (Wildman–Crippen MR) is 60.9 cm³/mol. The number of nitrogens with zero attached hydrogens (tertiary/aromatic N) is 1. The first kappa shape index (κ1) is 13.0. The van der Waals surface area contributed by atoms with E-state index in [0.717, 1.165) is 12.0 Å². The van der Waals surface area contributed by atoms with Gasteiger partial charge >= 0.3 is 17.6 Å². The van der Waals surface area contributed by atoms with E-state index in [-0.39, 0.29) is 5.70 Å². The lowest BCUT2D eigenvalue weighted by Gasteiger charge is -2.03. The van der Waals surface area contributed by atoms with Gasteiger partial charge in [0.05, 0.1) is 14.2 Å². The zero-order chi connectivity index (χ0) is 12.8. The molecule has 1 heterocycles. The molecule has 1 aromatic rings. The summed E-state index contributed by atoms with van der Waals surface area (Å²) in [6, 6.07) is 3.71. The van der Waals surface area contributed by atoms with Crippen molar-refractivity contribution >= 4 is 11.7 Å². The summed E-state index contributed by atoms with van der Waals surface area (Å²) < 4.78 is 10.8. The molecule has 0 fully saturated rings. The molecule has 0 bridgehead atoms. The van der Waals surface area contributed by atoms with Crippen molar-refractivity contribution < 1.29 is 23.9 Å². The molecule has 0 aliphatic carbocycles. The van der Waals surface area contributed by atoms with Crippen molar-refractivity contribution in [2.45, 2.75) is 13.3 Å². The summed E-state index contributed by atoms with van der Waals surface area (Å²) in [7, 11) is 2.53. The van der Waals surface area contributed by atoms with E-state index in [9.17, 15) is 9.90 Å². The molecule has 0 aliphatic heterocycles. The lowest BCUT2D eigenvalue weighted by molar-refractivity contribution is -0.581. The molecular weight excluding hydrogens is 222 g/mol. The normalized spacial score (nSPS) is 11.7. The highest BCUT2D eigenvalue weighted by Gasteiger charge is 2.28. The van der Waals surface area contributed by atoms with Crippen LogP contribution in [0.5, 0.6) is 0 Å². The van der Waals surface area contributed by atoms with Gasteiger partial charge in [-0.05, 0) is 12.5 Å². The van der Waals surface area contributed by atoms with E-state index >= 15 is 0 Å². The Labute approximate surface area is 99.9 Å². The third kappa shape index (κ3) is 2.96. The van der Waals surface area contributed by atoms with E-state index in [2.05, 4.69) is 9.47 Å². The SMILES string of the molecule is CCc1ccc[n+](/C(C(=O)OC)=C(/O)OC)c1. The Bertz CT molecular complexity index is 440. The molecule has 0 aromatic carbocycles. The average molecular weight is 238 g/mol. The highest BCUT2D eigenvalue weighted by atomic mass is 16.6. The fraction of sp³-hybridized carbons (Fsp3) is 0.333. The van der Waals surface area contributed by atoms with Crippen molar-refractivity contribution in [2.75, 3.05) is 14.2 Å². The van der Waals surface area contributed by atoms with Crippen molar-refractivity contribution in [3.8, 4) is 0 Å². The van der Waals surface area contributed by atoms with Crippen molar-refractivity contribution in [3.63, 3.8) is 0 Å². The third-order valence-corrected chi connectivity index (χ3v) is 2.30. The van der Waals surface area contributed by atoms with Crippen LogP contribution in [0.4, 0.5) is 0 Å². The van der Waals surface area contributed by atoms with Crippen molar-refractivity contribution in [1.82, 2.24) is 0 Å². The zero-order valence-corrected chi connectivity index (χ0v) is 10.1. The number of aryl methyl sites for hydroxylation is 1. The summed E-state index contributed by atoms with van der Waals surface area (Å²) in [6.45, 7) is 2.00. The van der Waals surface area contributed by atoms with Crippen LogP contribution >= 0.6 is 0 Å². The Kier molecular flexibility index (Phi) is 4.51. The van der Waals surface area contributed by atoms with E-state index in [1.165, 1.54) is 18.8 Å². The van der Waals surface area contributed by atoms with E-state index in [1.54, 1.807) is 18.5 Å². The standard InChI is InChI=1S/C12H15NO4/c1-4-9-6-5-7-13(8-9)10(11(14)16-2)12(15)17-3/h5-8H,4H2,1-3H3/p+1. The second kappa shape index (κ2) is 5.89. The van der Waals surface area contributed by atoms with Gasteiger partial charge in [0.2, 0.25) is 0 Å². The highest BCUT2D eigenvalue weighted by molar-refractivity contribution is 6.06. The van der Waals surface area contributed by atoms with Crippen LogP contribution in [0.25, 0.3) is 5.70 Å². The van der Waals surface area contributed by atoms with E-state index in [4.69, 9.17) is 0 Å². The largest absolute Gasteiger partial charge is 0.476 e. The van der Waals surface area contributed by atoms with Gasteiger partial charge < -0.3 is 14.6 Å². The van der Waals surface area contributed by atoms with Crippen LogP contribution < -0.4 is 4.57 Å². The minimum Gasteiger partial charge on any atom is -0.476 e. The minimum absolute atomic E-state index is 0.0506. The second-order valence-corrected chi connectivity index (χ2v) is 3.32. The van der Waals surface area contributed by atoms with Crippen LogP contribution in [-0.4, -0.2) is 25.3 Å². The molecule has 92 valence electrons. The number of hydrogen-bond acceptors (Lipinski definition) is 4. The molecule has 1 aromatic heterocycles. The summed E-state index contributed by atoms with van der Waals surface area (Å²) in [5, 5.41) is 9.57. The minimum atomic E-state index is -0.664. The number of aliphatic hydroxyl groups excluding tert-OH is 1. The van der Waals surface area contributed by atoms with Gasteiger partial charge in [-0.1, -0.05) is 6.92 Å². The van der Waals surface area contributed by atoms with Gasteiger partial charge in [-0.2, -0.15) is 4.57 Å². The summed E-state index contributed by atoms with van der Waals surface area (Å²) >= 11 is 0. The first-order valence-electron chi connectivity index (χ1n) is 5.20. The lowest BCUT2D eigenvalue weighted by atomic mass is 10.2. The number of esters is 1. The third-order valence-electron chi connectivity index (χ3n) is 2.30. The summed E-state index contributed by atoms with van der Waals surface area (Å²) in [4.78, 5) is 11.6. The Balaban J connectivity index is 3.27. The molecule has 17 heavy (non-hydrogen) atoms. The van der Waals surface area contributed by atoms with E-state index in [0.29, 0.717) is 0 Å². The van der Waals surface area contributed by atoms with Gasteiger partial charge in [0.1, 0.15) is 0 Å². The Morgan fingerprint density at radius 1 is 1.41 bits per heavy atom. The predicted octanol–water partition coefficient (Wildman–Crippen LogP) is 1.04. The average Bonchev–Trinajstić information content (AvgIpc) is 2.38. The molecule has 0 unspecified atom stereocenters. The molecule has 5 nitrogen and oxygen atoms in total. The molecule has 0 aliphatic rings. The van der Waals surface area contributed by atoms with E-state index < -0.39 is 11.9 Å². The Hall–Kier alpha value is -2.04. The number of carbonyl (C=O) groups excluding carboxylic acids is 1. The molecule has 0 saturated heterocycles. The number of aliphatic hydroxyl groups is 1. The second-order valence-electron chi connectivity index (χ2n) is 3.32. The summed E-state index contributed by atoms with van der Waals surface area (Å²) in [5.41, 5.74) is 0.975. The van der Waals surface area contributed by atoms with Crippen molar-refractivity contribution in [3.05, 3.63) is 36.0 Å².